The van der Waals surface area contributed by atoms with E-state index in [4.69, 9.17) is 0 Å². The highest BCUT2D eigenvalue weighted by Gasteiger charge is 2.36. The Morgan fingerprint density at radius 1 is 1.23 bits per heavy atom. The van der Waals surface area contributed by atoms with Crippen molar-refractivity contribution in [2.75, 3.05) is 5.75 Å². The summed E-state index contributed by atoms with van der Waals surface area (Å²) in [7, 11) is 0. The first-order valence-corrected chi connectivity index (χ1v) is 8.71. The van der Waals surface area contributed by atoms with Gasteiger partial charge in [-0.3, -0.25) is 9.36 Å². The summed E-state index contributed by atoms with van der Waals surface area (Å²) < 4.78 is 64.9. The average Bonchev–Trinajstić information content (AvgIpc) is 2.54. The van der Waals surface area contributed by atoms with Crippen LogP contribution in [0.15, 0.2) is 52.4 Å². The Balaban J connectivity index is 2.16. The lowest BCUT2D eigenvalue weighted by atomic mass is 10.2. The van der Waals surface area contributed by atoms with Crippen molar-refractivity contribution in [1.82, 2.24) is 9.55 Å². The van der Waals surface area contributed by atoms with Crippen LogP contribution in [0.3, 0.4) is 0 Å². The van der Waals surface area contributed by atoms with Crippen molar-refractivity contribution < 1.29 is 22.1 Å². The summed E-state index contributed by atoms with van der Waals surface area (Å²) in [6.45, 7) is 1.36. The van der Waals surface area contributed by atoms with Crippen LogP contribution < -0.4 is 5.56 Å². The van der Waals surface area contributed by atoms with Gasteiger partial charge in [-0.25, -0.2) is 9.37 Å². The molecule has 0 radical (unpaired) electrons. The molecule has 2 aromatic carbocycles. The molecule has 0 N–H and O–H groups in total. The summed E-state index contributed by atoms with van der Waals surface area (Å²) >= 11 is -2.42. The molecule has 1 heterocycles. The van der Waals surface area contributed by atoms with Crippen LogP contribution >= 0.6 is 0 Å². The van der Waals surface area contributed by atoms with Crippen LogP contribution in [0.5, 0.6) is 0 Å². The molecule has 136 valence electrons. The number of rotatable bonds is 3. The summed E-state index contributed by atoms with van der Waals surface area (Å²) in [6, 6.07) is 8.38. The van der Waals surface area contributed by atoms with E-state index in [-0.39, 0.29) is 21.5 Å². The topological polar surface area (TPSA) is 58.0 Å². The number of nitrogens with zero attached hydrogens (tertiary/aromatic N) is 2. The molecular weight excluding hydrogens is 372 g/mol. The van der Waals surface area contributed by atoms with Gasteiger partial charge in [0.25, 0.3) is 5.56 Å². The Morgan fingerprint density at radius 3 is 2.62 bits per heavy atom. The van der Waals surface area contributed by atoms with Crippen molar-refractivity contribution in [3.63, 3.8) is 0 Å². The summed E-state index contributed by atoms with van der Waals surface area (Å²) in [5.41, 5.74) is -0.368. The third kappa shape index (κ3) is 3.58. The molecule has 1 aromatic heterocycles. The van der Waals surface area contributed by atoms with Gasteiger partial charge in [0.2, 0.25) is 5.75 Å². The molecule has 0 bridgehead atoms. The third-order valence-electron chi connectivity index (χ3n) is 3.71. The van der Waals surface area contributed by atoms with Crippen LogP contribution in [0, 0.1) is 12.7 Å². The first kappa shape index (κ1) is 18.4. The maximum absolute atomic E-state index is 14.4. The quantitative estimate of drug-likeness (QED) is 0.513. The zero-order valence-corrected chi connectivity index (χ0v) is 14.2. The molecule has 0 amide bonds. The van der Waals surface area contributed by atoms with Crippen molar-refractivity contribution in [1.29, 1.82) is 0 Å². The van der Waals surface area contributed by atoms with Gasteiger partial charge >= 0.3 is 6.18 Å². The van der Waals surface area contributed by atoms with Gasteiger partial charge in [0.05, 0.1) is 16.6 Å². The molecular formula is C17H12F4N2O2S. The van der Waals surface area contributed by atoms with Crippen LogP contribution in [0.4, 0.5) is 17.6 Å². The van der Waals surface area contributed by atoms with Crippen molar-refractivity contribution in [2.45, 2.75) is 18.0 Å². The predicted molar refractivity (Wildman–Crippen MR) is 89.4 cm³/mol. The molecule has 26 heavy (non-hydrogen) atoms. The van der Waals surface area contributed by atoms with Crippen LogP contribution in [-0.2, 0) is 11.2 Å². The molecule has 1 atom stereocenters. The number of halogens is 4. The second-order valence-corrected chi connectivity index (χ2v) is 7.03. The highest BCUT2D eigenvalue weighted by molar-refractivity contribution is 7.91. The molecule has 9 heteroatoms. The molecule has 3 aromatic rings. The molecule has 3 rings (SSSR count). The number of hydrogen-bond acceptors (Lipinski definition) is 3. The smallest absolute Gasteiger partial charge is 0.433 e. The van der Waals surface area contributed by atoms with E-state index >= 15 is 0 Å². The minimum Gasteiger partial charge on any atom is -0.611 e. The summed E-state index contributed by atoms with van der Waals surface area (Å²) in [6.07, 6.45) is -3.54. The van der Waals surface area contributed by atoms with Crippen molar-refractivity contribution in [3.8, 4) is 5.69 Å². The lowest BCUT2D eigenvalue weighted by molar-refractivity contribution is -0.106. The number of hydrogen-bond donors (Lipinski definition) is 0. The SMILES string of the molecule is Cc1cc(F)c(-n2cnc3ccccc3c2=O)cc1[S@+]([O-])CC(F)(F)F. The lowest BCUT2D eigenvalue weighted by Gasteiger charge is -2.16. The Kier molecular flexibility index (Phi) is 4.76. The molecule has 0 aliphatic heterocycles. The monoisotopic (exact) mass is 384 g/mol. The number of aromatic nitrogens is 2. The van der Waals surface area contributed by atoms with E-state index in [0.29, 0.717) is 5.52 Å². The fraction of sp³-hybridized carbons (Fsp3) is 0.176. The van der Waals surface area contributed by atoms with E-state index in [1.54, 1.807) is 18.2 Å². The average molecular weight is 384 g/mol. The summed E-state index contributed by atoms with van der Waals surface area (Å²) in [4.78, 5) is 16.5. The molecule has 0 spiro atoms. The molecule has 0 saturated heterocycles. The van der Waals surface area contributed by atoms with E-state index in [2.05, 4.69) is 4.98 Å². The largest absolute Gasteiger partial charge is 0.611 e. The first-order chi connectivity index (χ1) is 12.2. The van der Waals surface area contributed by atoms with Gasteiger partial charge in [-0.2, -0.15) is 13.2 Å². The van der Waals surface area contributed by atoms with E-state index in [0.717, 1.165) is 23.0 Å². The highest BCUT2D eigenvalue weighted by Crippen LogP contribution is 2.27. The second kappa shape index (κ2) is 6.73. The number of benzene rings is 2. The second-order valence-electron chi connectivity index (χ2n) is 5.61. The first-order valence-electron chi connectivity index (χ1n) is 7.39. The normalized spacial score (nSPS) is 13.2. The number of fused-ring (bicyclic) bond motifs is 1. The third-order valence-corrected chi connectivity index (χ3v) is 5.23. The predicted octanol–water partition coefficient (Wildman–Crippen LogP) is 3.50. The Labute approximate surface area is 148 Å². The fourth-order valence-corrected chi connectivity index (χ4v) is 3.65. The summed E-state index contributed by atoms with van der Waals surface area (Å²) in [5, 5.41) is 0.230. The lowest BCUT2D eigenvalue weighted by Crippen LogP contribution is -2.24. The maximum atomic E-state index is 14.4. The molecule has 0 aliphatic carbocycles. The van der Waals surface area contributed by atoms with E-state index in [1.807, 2.05) is 0 Å². The van der Waals surface area contributed by atoms with Crippen LogP contribution in [0.2, 0.25) is 0 Å². The number of alkyl halides is 3. The van der Waals surface area contributed by atoms with Crippen molar-refractivity contribution in [2.24, 2.45) is 0 Å². The van der Waals surface area contributed by atoms with E-state index in [1.165, 1.54) is 13.0 Å². The van der Waals surface area contributed by atoms with Gasteiger partial charge in [-0.05, 0) is 36.3 Å². The molecule has 0 fully saturated rings. The van der Waals surface area contributed by atoms with Crippen molar-refractivity contribution in [3.05, 3.63) is 64.5 Å². The molecule has 0 saturated carbocycles. The van der Waals surface area contributed by atoms with Gasteiger partial charge in [-0.1, -0.05) is 12.1 Å². The maximum Gasteiger partial charge on any atom is 0.433 e. The van der Waals surface area contributed by atoms with Crippen molar-refractivity contribution >= 4 is 22.1 Å². The Morgan fingerprint density at radius 2 is 1.92 bits per heavy atom. The van der Waals surface area contributed by atoms with Gasteiger partial charge in [0.15, 0.2) is 4.90 Å². The molecule has 4 nitrogen and oxygen atoms in total. The zero-order valence-electron chi connectivity index (χ0n) is 13.4. The van der Waals surface area contributed by atoms with Gasteiger partial charge in [-0.15, -0.1) is 0 Å². The van der Waals surface area contributed by atoms with Gasteiger partial charge < -0.3 is 4.55 Å². The Hall–Kier alpha value is -2.39. The van der Waals surface area contributed by atoms with E-state index < -0.39 is 34.5 Å². The number of para-hydroxylation sites is 1. The van der Waals surface area contributed by atoms with Crippen LogP contribution in [-0.4, -0.2) is 26.0 Å². The van der Waals surface area contributed by atoms with Crippen LogP contribution in [0.1, 0.15) is 5.56 Å². The highest BCUT2D eigenvalue weighted by atomic mass is 32.2. The van der Waals surface area contributed by atoms with Gasteiger partial charge in [0.1, 0.15) is 12.1 Å². The van der Waals surface area contributed by atoms with Crippen LogP contribution in [0.25, 0.3) is 16.6 Å². The molecule has 0 aliphatic rings. The minimum atomic E-state index is -4.63. The van der Waals surface area contributed by atoms with E-state index in [9.17, 15) is 26.9 Å². The standard InChI is InChI=1S/C17H12F4N2O2S/c1-10-6-12(18)14(7-15(10)26(25)8-17(19,20)21)23-9-22-13-5-3-2-4-11(13)16(23)24/h2-7,9H,8H2,1H3/t26-/m1/s1. The Bertz CT molecular complexity index is 1030. The summed E-state index contributed by atoms with van der Waals surface area (Å²) in [5.74, 6) is -2.38. The fourth-order valence-electron chi connectivity index (χ4n) is 2.54. The van der Waals surface area contributed by atoms with Gasteiger partial charge in [0, 0.05) is 11.6 Å². The number of aryl methyl sites for hydroxylation is 1. The minimum absolute atomic E-state index is 0.107. The molecule has 0 unspecified atom stereocenters. The zero-order chi connectivity index (χ0) is 19.1.